The van der Waals surface area contributed by atoms with E-state index in [-0.39, 0.29) is 75.8 Å². The van der Waals surface area contributed by atoms with Crippen LogP contribution in [0.15, 0.2) is 0 Å². The van der Waals surface area contributed by atoms with E-state index in [1.807, 2.05) is 0 Å². The molecule has 0 nitrogen and oxygen atoms in total. The van der Waals surface area contributed by atoms with Gasteiger partial charge in [-0.2, -0.15) is 9.90 Å². The fourth-order valence-corrected chi connectivity index (χ4v) is 0. The summed E-state index contributed by atoms with van der Waals surface area (Å²) in [5, 5.41) is 0. The molecular formula is H8BCuNiPSn. The summed E-state index contributed by atoms with van der Waals surface area (Å²) >= 11 is 0. The molecule has 0 aromatic carbocycles. The topological polar surface area (TPSA) is 0 Å². The minimum absolute atomic E-state index is 0. The molecule has 0 heterocycles. The second-order valence-electron chi connectivity index (χ2n) is 0. The van der Waals surface area contributed by atoms with E-state index in [0.717, 1.165) is 0 Å². The molecule has 0 aromatic rings. The van der Waals surface area contributed by atoms with Crippen LogP contribution in [0.4, 0.5) is 0 Å². The van der Waals surface area contributed by atoms with Crippen molar-refractivity contribution in [3.63, 3.8) is 0 Å². The Morgan fingerprint density at radius 3 is 1.00 bits per heavy atom. The predicted molar refractivity (Wildman–Crippen MR) is 29.6 cm³/mol. The third kappa shape index (κ3) is 22.0. The maximum atomic E-state index is 0. The Labute approximate surface area is 75.2 Å². The van der Waals surface area contributed by atoms with E-state index in [0.29, 0.717) is 0 Å². The fourth-order valence-electron chi connectivity index (χ4n) is 0. The minimum atomic E-state index is 0. The molecule has 0 rings (SSSR count). The summed E-state index contributed by atoms with van der Waals surface area (Å²) in [4.78, 5) is 0. The van der Waals surface area contributed by atoms with E-state index in [2.05, 4.69) is 0 Å². The first-order valence-electron chi connectivity index (χ1n) is 0. The van der Waals surface area contributed by atoms with Crippen LogP contribution in [-0.4, -0.2) is 32.3 Å². The maximum absolute atomic E-state index is 0. The van der Waals surface area contributed by atoms with Crippen LogP contribution in [0.25, 0.3) is 0 Å². The van der Waals surface area contributed by atoms with Crippen LogP contribution in [0.5, 0.6) is 0 Å². The molecule has 41 valence electrons. The molecule has 0 aliphatic carbocycles. The molecule has 0 fully saturated rings. The predicted octanol–water partition coefficient (Wildman–Crippen LogP) is -2.05. The van der Waals surface area contributed by atoms with Gasteiger partial charge in [-0.25, -0.2) is 0 Å². The summed E-state index contributed by atoms with van der Waals surface area (Å²) < 4.78 is 0. The summed E-state index contributed by atoms with van der Waals surface area (Å²) in [6, 6.07) is 0. The third-order valence-electron chi connectivity index (χ3n) is 0. The van der Waals surface area contributed by atoms with Crippen molar-refractivity contribution in [3.8, 4) is 0 Å². The van der Waals surface area contributed by atoms with Gasteiger partial charge in [-0.15, -0.1) is 0 Å². The van der Waals surface area contributed by atoms with E-state index in [9.17, 15) is 0 Å². The van der Waals surface area contributed by atoms with Gasteiger partial charge in [-0.1, -0.05) is 0 Å². The van der Waals surface area contributed by atoms with E-state index < -0.39 is 0 Å². The second kappa shape index (κ2) is 33.4. The zero-order valence-electron chi connectivity index (χ0n) is 2.03. The van der Waals surface area contributed by atoms with Gasteiger partial charge in [-0.3, -0.25) is 0 Å². The fraction of sp³-hybridized carbons (Fsp3) is 0. The van der Waals surface area contributed by atoms with Crippen molar-refractivity contribution < 1.29 is 33.6 Å². The molecule has 0 saturated heterocycles. The van der Waals surface area contributed by atoms with E-state index >= 15 is 0 Å². The van der Waals surface area contributed by atoms with Gasteiger partial charge >= 0.3 is 23.9 Å². The number of rotatable bonds is 0. The van der Waals surface area contributed by atoms with Gasteiger partial charge in [0.05, 0.1) is 8.41 Å². The van der Waals surface area contributed by atoms with Crippen LogP contribution in [0, 0.1) is 0 Å². The number of hydrogen-bond donors (Lipinski definition) is 0. The van der Waals surface area contributed by atoms with Crippen LogP contribution in [0.1, 0.15) is 0 Å². The molecule has 0 saturated carbocycles. The summed E-state index contributed by atoms with van der Waals surface area (Å²) in [7, 11) is 0. The van der Waals surface area contributed by atoms with Crippen molar-refractivity contribution in [3.05, 3.63) is 0 Å². The van der Waals surface area contributed by atoms with Gasteiger partial charge < -0.3 is 0 Å². The molecule has 1 atom stereocenters. The van der Waals surface area contributed by atoms with Gasteiger partial charge in [0.25, 0.3) is 0 Å². The molecule has 3 radical (unpaired) electrons. The first-order valence-corrected chi connectivity index (χ1v) is 0. The van der Waals surface area contributed by atoms with Crippen LogP contribution in [0.3, 0.4) is 0 Å². The molecule has 5 heavy (non-hydrogen) atoms. The Balaban J connectivity index is 0. The molecule has 0 aromatic heterocycles. The molecule has 0 spiro atoms. The molecule has 0 N–H and O–H groups in total. The van der Waals surface area contributed by atoms with Gasteiger partial charge in [0.15, 0.2) is 0 Å². The third-order valence-corrected chi connectivity index (χ3v) is 0. The quantitative estimate of drug-likeness (QED) is 0.356. The van der Waals surface area contributed by atoms with Crippen molar-refractivity contribution in [1.29, 1.82) is 0 Å². The van der Waals surface area contributed by atoms with Crippen LogP contribution in [0.2, 0.25) is 0 Å². The molecule has 0 bridgehead atoms. The Morgan fingerprint density at radius 1 is 1.00 bits per heavy atom. The molecular weight excluding hydrogens is 283 g/mol. The summed E-state index contributed by atoms with van der Waals surface area (Å²) in [5.74, 6) is 0. The Kier molecular flexibility index (Phi) is 365. The molecule has 0 amide bonds. The monoisotopic (exact) mass is 291 g/mol. The average molecular weight is 291 g/mol. The van der Waals surface area contributed by atoms with Crippen LogP contribution in [-0.2, 0) is 33.6 Å². The van der Waals surface area contributed by atoms with Crippen molar-refractivity contribution in [2.45, 2.75) is 0 Å². The van der Waals surface area contributed by atoms with Gasteiger partial charge in [0.1, 0.15) is 0 Å². The van der Waals surface area contributed by atoms with Crippen molar-refractivity contribution in [2.24, 2.45) is 0 Å². The Hall–Kier alpha value is 2.31. The number of hydrogen-bond acceptors (Lipinski definition) is 0. The standard InChI is InChI=1S/BH3.Cu.Ni.H3P.Sn.2H/h1H3;;;1H3;;;. The SMILES string of the molecule is B.P.[Cu].[Ni].[SnH2]. The zero-order chi connectivity index (χ0) is 0. The Bertz CT molecular complexity index is 11.6. The molecule has 1 unspecified atom stereocenters. The molecule has 5 heteroatoms. The van der Waals surface area contributed by atoms with Crippen molar-refractivity contribution >= 4 is 42.2 Å². The van der Waals surface area contributed by atoms with Gasteiger partial charge in [-0.05, 0) is 0 Å². The van der Waals surface area contributed by atoms with Crippen molar-refractivity contribution in [2.75, 3.05) is 0 Å². The van der Waals surface area contributed by atoms with E-state index in [1.165, 1.54) is 0 Å². The summed E-state index contributed by atoms with van der Waals surface area (Å²) in [6.45, 7) is 0. The van der Waals surface area contributed by atoms with Gasteiger partial charge in [0, 0.05) is 33.6 Å². The summed E-state index contributed by atoms with van der Waals surface area (Å²) in [6.07, 6.45) is 0. The zero-order valence-corrected chi connectivity index (χ0v) is 9.41. The first kappa shape index (κ1) is 54.6. The molecule has 0 aliphatic rings. The second-order valence-corrected chi connectivity index (χ2v) is 0. The van der Waals surface area contributed by atoms with E-state index in [4.69, 9.17) is 0 Å². The van der Waals surface area contributed by atoms with Crippen LogP contribution >= 0.6 is 9.90 Å². The average Bonchev–Trinajstić information content (AvgIpc) is 0. The van der Waals surface area contributed by atoms with E-state index in [1.54, 1.807) is 0 Å². The molecule has 0 aliphatic heterocycles. The van der Waals surface area contributed by atoms with Crippen LogP contribution < -0.4 is 0 Å². The van der Waals surface area contributed by atoms with Crippen molar-refractivity contribution in [1.82, 2.24) is 0 Å². The first-order chi connectivity index (χ1) is 0. The summed E-state index contributed by atoms with van der Waals surface area (Å²) in [5.41, 5.74) is 0. The Morgan fingerprint density at radius 2 is 1.00 bits per heavy atom. The van der Waals surface area contributed by atoms with Gasteiger partial charge in [0.2, 0.25) is 0 Å². The normalized spacial score (nSPS) is 0.